The smallest absolute Gasteiger partial charge is 0.337 e. The quantitative estimate of drug-likeness (QED) is 0.598. The van der Waals surface area contributed by atoms with Crippen molar-refractivity contribution < 1.29 is 22.5 Å². The normalized spacial score (nSPS) is 12.0. The Bertz CT molecular complexity index is 1150. The highest BCUT2D eigenvalue weighted by molar-refractivity contribution is 7.89. The number of sulfonamides is 1. The van der Waals surface area contributed by atoms with E-state index < -0.39 is 16.0 Å². The molecule has 0 aliphatic rings. The molecule has 3 rings (SSSR count). The lowest BCUT2D eigenvalue weighted by molar-refractivity contribution is 0.0600. The Labute approximate surface area is 175 Å². The SMILES string of the molecule is COC(=O)c1cccc(S(=O)(=O)NCc2nc(-c3ccc(C(C)(C)C)cc3)no2)c1. The van der Waals surface area contributed by atoms with Gasteiger partial charge in [0.05, 0.1) is 24.1 Å². The standard InChI is InChI=1S/C21H23N3O5S/c1-21(2,3)16-10-8-14(9-11-16)19-23-18(29-24-19)13-22-30(26,27)17-7-5-6-15(12-17)20(25)28-4/h5-12,22H,13H2,1-4H3. The van der Waals surface area contributed by atoms with E-state index in [9.17, 15) is 13.2 Å². The van der Waals surface area contributed by atoms with Crippen LogP contribution >= 0.6 is 0 Å². The first kappa shape index (κ1) is 21.7. The number of benzene rings is 2. The number of nitrogens with one attached hydrogen (secondary N) is 1. The summed E-state index contributed by atoms with van der Waals surface area (Å²) >= 11 is 0. The summed E-state index contributed by atoms with van der Waals surface area (Å²) in [6.07, 6.45) is 0. The monoisotopic (exact) mass is 429 g/mol. The number of rotatable bonds is 6. The first-order valence-corrected chi connectivity index (χ1v) is 10.7. The second kappa shape index (κ2) is 8.37. The van der Waals surface area contributed by atoms with Crippen LogP contribution in [0, 0.1) is 0 Å². The molecule has 0 aliphatic carbocycles. The fourth-order valence-electron chi connectivity index (χ4n) is 2.71. The molecule has 158 valence electrons. The second-order valence-corrected chi connectivity index (χ2v) is 9.45. The van der Waals surface area contributed by atoms with Gasteiger partial charge in [-0.25, -0.2) is 17.9 Å². The maximum Gasteiger partial charge on any atom is 0.337 e. The van der Waals surface area contributed by atoms with E-state index in [4.69, 9.17) is 4.52 Å². The van der Waals surface area contributed by atoms with Crippen LogP contribution in [0.2, 0.25) is 0 Å². The third kappa shape index (κ3) is 4.92. The van der Waals surface area contributed by atoms with Crippen molar-refractivity contribution in [3.63, 3.8) is 0 Å². The Hall–Kier alpha value is -3.04. The molecular formula is C21H23N3O5S. The van der Waals surface area contributed by atoms with Crippen molar-refractivity contribution in [2.75, 3.05) is 7.11 Å². The van der Waals surface area contributed by atoms with Gasteiger partial charge in [0.2, 0.25) is 21.7 Å². The summed E-state index contributed by atoms with van der Waals surface area (Å²) in [4.78, 5) is 15.8. The summed E-state index contributed by atoms with van der Waals surface area (Å²) in [5.41, 5.74) is 2.12. The number of nitrogens with zero attached hydrogens (tertiary/aromatic N) is 2. The van der Waals surface area contributed by atoms with Crippen LogP contribution in [0.25, 0.3) is 11.4 Å². The molecule has 8 nitrogen and oxygen atoms in total. The van der Waals surface area contributed by atoms with E-state index in [1.165, 1.54) is 36.9 Å². The van der Waals surface area contributed by atoms with Crippen molar-refractivity contribution in [2.24, 2.45) is 0 Å². The molecule has 0 amide bonds. The highest BCUT2D eigenvalue weighted by Gasteiger charge is 2.19. The van der Waals surface area contributed by atoms with Crippen molar-refractivity contribution in [2.45, 2.75) is 37.6 Å². The van der Waals surface area contributed by atoms with Gasteiger partial charge in [0.25, 0.3) is 0 Å². The molecule has 1 aromatic heterocycles. The molecule has 2 aromatic carbocycles. The van der Waals surface area contributed by atoms with Crippen molar-refractivity contribution >= 4 is 16.0 Å². The van der Waals surface area contributed by atoms with Crippen LogP contribution in [-0.4, -0.2) is 31.6 Å². The molecular weight excluding hydrogens is 406 g/mol. The molecule has 1 heterocycles. The lowest BCUT2D eigenvalue weighted by atomic mass is 9.87. The Morgan fingerprint density at radius 3 is 2.47 bits per heavy atom. The van der Waals surface area contributed by atoms with E-state index in [-0.39, 0.29) is 28.3 Å². The fourth-order valence-corrected chi connectivity index (χ4v) is 3.73. The van der Waals surface area contributed by atoms with Crippen LogP contribution in [-0.2, 0) is 26.7 Å². The van der Waals surface area contributed by atoms with Crippen molar-refractivity contribution in [3.8, 4) is 11.4 Å². The molecule has 3 aromatic rings. The van der Waals surface area contributed by atoms with Crippen LogP contribution in [0.4, 0.5) is 0 Å². The Balaban J connectivity index is 1.71. The number of ether oxygens (including phenoxy) is 1. The summed E-state index contributed by atoms with van der Waals surface area (Å²) in [5, 5.41) is 3.92. The van der Waals surface area contributed by atoms with Gasteiger partial charge >= 0.3 is 5.97 Å². The number of methoxy groups -OCH3 is 1. The van der Waals surface area contributed by atoms with Crippen LogP contribution < -0.4 is 4.72 Å². The highest BCUT2D eigenvalue weighted by Crippen LogP contribution is 2.25. The minimum atomic E-state index is -3.89. The van der Waals surface area contributed by atoms with Gasteiger partial charge < -0.3 is 9.26 Å². The largest absolute Gasteiger partial charge is 0.465 e. The first-order valence-electron chi connectivity index (χ1n) is 9.22. The topological polar surface area (TPSA) is 111 Å². The molecule has 0 fully saturated rings. The first-order chi connectivity index (χ1) is 14.1. The molecule has 0 bridgehead atoms. The predicted octanol–water partition coefficient (Wildman–Crippen LogP) is 3.30. The zero-order chi connectivity index (χ0) is 21.9. The zero-order valence-corrected chi connectivity index (χ0v) is 18.0. The third-order valence-corrected chi connectivity index (χ3v) is 5.85. The van der Waals surface area contributed by atoms with Crippen LogP contribution in [0.1, 0.15) is 42.6 Å². The number of esters is 1. The van der Waals surface area contributed by atoms with Crippen LogP contribution in [0.3, 0.4) is 0 Å². The van der Waals surface area contributed by atoms with Gasteiger partial charge in [-0.1, -0.05) is 56.3 Å². The molecule has 9 heteroatoms. The Kier molecular flexibility index (Phi) is 6.04. The molecule has 0 unspecified atom stereocenters. The third-order valence-electron chi connectivity index (χ3n) is 4.46. The number of carbonyl (C=O) groups excluding carboxylic acids is 1. The van der Waals surface area contributed by atoms with Gasteiger partial charge in [0.1, 0.15) is 0 Å². The maximum atomic E-state index is 12.5. The van der Waals surface area contributed by atoms with E-state index in [2.05, 4.69) is 40.4 Å². The minimum absolute atomic E-state index is 0.0321. The predicted molar refractivity (Wildman–Crippen MR) is 110 cm³/mol. The molecule has 30 heavy (non-hydrogen) atoms. The molecule has 0 atom stereocenters. The minimum Gasteiger partial charge on any atom is -0.465 e. The van der Waals surface area contributed by atoms with E-state index >= 15 is 0 Å². The van der Waals surface area contributed by atoms with E-state index in [1.807, 2.05) is 24.3 Å². The van der Waals surface area contributed by atoms with E-state index in [0.717, 1.165) is 5.56 Å². The molecule has 1 N–H and O–H groups in total. The van der Waals surface area contributed by atoms with E-state index in [0.29, 0.717) is 5.82 Å². The molecule has 0 saturated heterocycles. The lowest BCUT2D eigenvalue weighted by Gasteiger charge is -2.18. The van der Waals surface area contributed by atoms with E-state index in [1.54, 1.807) is 0 Å². The average Bonchev–Trinajstić information content (AvgIpc) is 3.20. The van der Waals surface area contributed by atoms with Crippen LogP contribution in [0.5, 0.6) is 0 Å². The van der Waals surface area contributed by atoms with Gasteiger partial charge in [-0.15, -0.1) is 0 Å². The van der Waals surface area contributed by atoms with Gasteiger partial charge in [0, 0.05) is 5.56 Å². The fraction of sp³-hybridized carbons (Fsp3) is 0.286. The summed E-state index contributed by atoms with van der Waals surface area (Å²) in [7, 11) is -2.66. The van der Waals surface area contributed by atoms with Crippen molar-refractivity contribution in [3.05, 3.63) is 65.5 Å². The number of carbonyl (C=O) groups is 1. The zero-order valence-electron chi connectivity index (χ0n) is 17.2. The average molecular weight is 429 g/mol. The molecule has 0 radical (unpaired) electrons. The number of hydrogen-bond donors (Lipinski definition) is 1. The molecule has 0 spiro atoms. The van der Waals surface area contributed by atoms with Gasteiger partial charge in [-0.3, -0.25) is 0 Å². The van der Waals surface area contributed by atoms with Gasteiger partial charge in [-0.2, -0.15) is 4.98 Å². The summed E-state index contributed by atoms with van der Waals surface area (Å²) in [5.74, 6) is -0.124. The van der Waals surface area contributed by atoms with Crippen molar-refractivity contribution in [1.29, 1.82) is 0 Å². The summed E-state index contributed by atoms with van der Waals surface area (Å²) < 4.78 is 37.2. The van der Waals surface area contributed by atoms with Gasteiger partial charge in [0.15, 0.2) is 0 Å². The second-order valence-electron chi connectivity index (χ2n) is 7.68. The summed E-state index contributed by atoms with van der Waals surface area (Å²) in [6, 6.07) is 13.4. The van der Waals surface area contributed by atoms with Crippen molar-refractivity contribution in [1.82, 2.24) is 14.9 Å². The highest BCUT2D eigenvalue weighted by atomic mass is 32.2. The maximum absolute atomic E-state index is 12.5. The lowest BCUT2D eigenvalue weighted by Crippen LogP contribution is -2.23. The Morgan fingerprint density at radius 2 is 1.83 bits per heavy atom. The number of aromatic nitrogens is 2. The Morgan fingerprint density at radius 1 is 1.13 bits per heavy atom. The molecule has 0 saturated carbocycles. The van der Waals surface area contributed by atoms with Crippen LogP contribution in [0.15, 0.2) is 57.9 Å². The van der Waals surface area contributed by atoms with Gasteiger partial charge in [-0.05, 0) is 29.2 Å². The molecule has 0 aliphatic heterocycles. The summed E-state index contributed by atoms with van der Waals surface area (Å²) in [6.45, 7) is 6.20. The number of hydrogen-bond acceptors (Lipinski definition) is 7.